The maximum Gasteiger partial charge on any atom is 0.240 e. The van der Waals surface area contributed by atoms with E-state index in [2.05, 4.69) is 12.2 Å². The lowest BCUT2D eigenvalue weighted by Crippen LogP contribution is -2.48. The topological polar surface area (TPSA) is 49.4 Å². The number of hydrogen-bond acceptors (Lipinski definition) is 2. The molecule has 118 valence electrons. The molecule has 1 heterocycles. The van der Waals surface area contributed by atoms with Gasteiger partial charge < -0.3 is 10.2 Å². The highest BCUT2D eigenvalue weighted by atomic mass is 16.2. The molecule has 0 saturated heterocycles. The summed E-state index contributed by atoms with van der Waals surface area (Å²) in [5.74, 6) is 0.538. The number of carbonyl (C=O) groups excluding carboxylic acids is 2. The van der Waals surface area contributed by atoms with Gasteiger partial charge in [-0.1, -0.05) is 38.0 Å². The van der Waals surface area contributed by atoms with Gasteiger partial charge in [0.15, 0.2) is 0 Å². The molecule has 3 rings (SSSR count). The first-order valence-corrected chi connectivity index (χ1v) is 8.33. The second-order valence-corrected chi connectivity index (χ2v) is 6.54. The fourth-order valence-corrected chi connectivity index (χ4v) is 3.60. The lowest BCUT2D eigenvalue weighted by Gasteiger charge is -2.32. The SMILES string of the molecule is C[C@H]1CCCC[C@H]1NC(=O)CN1C(=O)CCc2ccccc21. The Morgan fingerprint density at radius 3 is 2.82 bits per heavy atom. The van der Waals surface area contributed by atoms with Crippen molar-refractivity contribution in [3.8, 4) is 0 Å². The summed E-state index contributed by atoms with van der Waals surface area (Å²) in [6.45, 7) is 2.34. The lowest BCUT2D eigenvalue weighted by molar-refractivity contribution is -0.124. The van der Waals surface area contributed by atoms with E-state index in [1.54, 1.807) is 4.90 Å². The molecule has 4 heteroatoms. The highest BCUT2D eigenvalue weighted by Gasteiger charge is 2.28. The van der Waals surface area contributed by atoms with Crippen molar-refractivity contribution in [3.63, 3.8) is 0 Å². The fraction of sp³-hybridized carbons (Fsp3) is 0.556. The van der Waals surface area contributed by atoms with Gasteiger partial charge in [0.05, 0.1) is 0 Å². The monoisotopic (exact) mass is 300 g/mol. The molecule has 22 heavy (non-hydrogen) atoms. The van der Waals surface area contributed by atoms with Gasteiger partial charge in [0, 0.05) is 18.2 Å². The van der Waals surface area contributed by atoms with E-state index in [-0.39, 0.29) is 24.4 Å². The predicted molar refractivity (Wildman–Crippen MR) is 86.7 cm³/mol. The number of fused-ring (bicyclic) bond motifs is 1. The number of hydrogen-bond donors (Lipinski definition) is 1. The maximum atomic E-state index is 12.4. The molecule has 4 nitrogen and oxygen atoms in total. The number of rotatable bonds is 3. The molecule has 2 amide bonds. The molecule has 2 aliphatic rings. The van der Waals surface area contributed by atoms with Crippen LogP contribution in [0.3, 0.4) is 0 Å². The second-order valence-electron chi connectivity index (χ2n) is 6.54. The molecule has 1 N–H and O–H groups in total. The Bertz CT molecular complexity index is 570. The Morgan fingerprint density at radius 2 is 2.00 bits per heavy atom. The highest BCUT2D eigenvalue weighted by Crippen LogP contribution is 2.27. The molecular weight excluding hydrogens is 276 g/mol. The zero-order valence-electron chi connectivity index (χ0n) is 13.2. The summed E-state index contributed by atoms with van der Waals surface area (Å²) in [5.41, 5.74) is 2.05. The van der Waals surface area contributed by atoms with E-state index in [0.717, 1.165) is 24.1 Å². The molecule has 0 spiro atoms. The van der Waals surface area contributed by atoms with Gasteiger partial charge in [-0.3, -0.25) is 9.59 Å². The van der Waals surface area contributed by atoms with Gasteiger partial charge in [-0.15, -0.1) is 0 Å². The van der Waals surface area contributed by atoms with Gasteiger partial charge in [-0.25, -0.2) is 0 Å². The third-order valence-corrected chi connectivity index (χ3v) is 4.95. The van der Waals surface area contributed by atoms with Crippen LogP contribution in [-0.2, 0) is 16.0 Å². The average molecular weight is 300 g/mol. The molecule has 1 aromatic carbocycles. The molecule has 1 fully saturated rings. The van der Waals surface area contributed by atoms with Crippen LogP contribution >= 0.6 is 0 Å². The van der Waals surface area contributed by atoms with Crippen LogP contribution in [0.25, 0.3) is 0 Å². The number of nitrogens with one attached hydrogen (secondary N) is 1. The Kier molecular flexibility index (Phi) is 4.46. The Hall–Kier alpha value is -1.84. The second kappa shape index (κ2) is 6.51. The minimum Gasteiger partial charge on any atom is -0.352 e. The number of anilines is 1. The minimum absolute atomic E-state index is 0.0381. The molecule has 0 radical (unpaired) electrons. The minimum atomic E-state index is -0.0381. The smallest absolute Gasteiger partial charge is 0.240 e. The van der Waals surface area contributed by atoms with Crippen molar-refractivity contribution < 1.29 is 9.59 Å². The van der Waals surface area contributed by atoms with E-state index in [4.69, 9.17) is 0 Å². The van der Waals surface area contributed by atoms with Gasteiger partial charge >= 0.3 is 0 Å². The lowest BCUT2D eigenvalue weighted by atomic mass is 9.86. The van der Waals surface area contributed by atoms with E-state index < -0.39 is 0 Å². The summed E-state index contributed by atoms with van der Waals surface area (Å²) >= 11 is 0. The van der Waals surface area contributed by atoms with Crippen LogP contribution in [0.1, 0.15) is 44.6 Å². The van der Waals surface area contributed by atoms with Crippen LogP contribution in [-0.4, -0.2) is 24.4 Å². The first kappa shape index (κ1) is 15.1. The quantitative estimate of drug-likeness (QED) is 0.933. The number of carbonyl (C=O) groups is 2. The molecule has 1 aromatic rings. The predicted octanol–water partition coefficient (Wildman–Crippen LogP) is 2.66. The van der Waals surface area contributed by atoms with Crippen molar-refractivity contribution in [2.75, 3.05) is 11.4 Å². The number of nitrogens with zero attached hydrogens (tertiary/aromatic N) is 1. The molecule has 0 bridgehead atoms. The molecule has 0 unspecified atom stereocenters. The van der Waals surface area contributed by atoms with Gasteiger partial charge in [0.1, 0.15) is 6.54 Å². The van der Waals surface area contributed by atoms with E-state index in [1.165, 1.54) is 19.3 Å². The number of benzene rings is 1. The normalized spacial score (nSPS) is 24.8. The van der Waals surface area contributed by atoms with E-state index >= 15 is 0 Å². The molecule has 1 aliphatic carbocycles. The van der Waals surface area contributed by atoms with Gasteiger partial charge in [-0.05, 0) is 36.8 Å². The Morgan fingerprint density at radius 1 is 1.23 bits per heavy atom. The van der Waals surface area contributed by atoms with Crippen molar-refractivity contribution in [1.29, 1.82) is 0 Å². The third kappa shape index (κ3) is 3.16. The first-order chi connectivity index (χ1) is 10.6. The van der Waals surface area contributed by atoms with Crippen molar-refractivity contribution in [2.24, 2.45) is 5.92 Å². The Balaban J connectivity index is 1.67. The van der Waals surface area contributed by atoms with Crippen molar-refractivity contribution in [3.05, 3.63) is 29.8 Å². The standard InChI is InChI=1S/C18H24N2O2/c1-13-6-2-4-8-15(13)19-17(21)12-20-16-9-5-3-7-14(16)10-11-18(20)22/h3,5,7,9,13,15H,2,4,6,8,10-12H2,1H3,(H,19,21)/t13-,15+/m0/s1. The van der Waals surface area contributed by atoms with Crippen molar-refractivity contribution in [2.45, 2.75) is 51.5 Å². The van der Waals surface area contributed by atoms with Crippen molar-refractivity contribution in [1.82, 2.24) is 5.32 Å². The third-order valence-electron chi connectivity index (χ3n) is 4.95. The maximum absolute atomic E-state index is 12.4. The van der Waals surface area contributed by atoms with Crippen LogP contribution in [0.4, 0.5) is 5.69 Å². The number of para-hydroxylation sites is 1. The fourth-order valence-electron chi connectivity index (χ4n) is 3.60. The van der Waals surface area contributed by atoms with Gasteiger partial charge in [0.2, 0.25) is 11.8 Å². The van der Waals surface area contributed by atoms with E-state index in [0.29, 0.717) is 12.3 Å². The molecule has 2 atom stereocenters. The van der Waals surface area contributed by atoms with Gasteiger partial charge in [-0.2, -0.15) is 0 Å². The summed E-state index contributed by atoms with van der Waals surface area (Å²) in [4.78, 5) is 26.2. The average Bonchev–Trinajstić information content (AvgIpc) is 2.52. The molecule has 1 aliphatic heterocycles. The highest BCUT2D eigenvalue weighted by molar-refractivity contribution is 6.01. The van der Waals surface area contributed by atoms with Crippen molar-refractivity contribution >= 4 is 17.5 Å². The largest absolute Gasteiger partial charge is 0.352 e. The molecular formula is C18H24N2O2. The molecule has 1 saturated carbocycles. The van der Waals surface area contributed by atoms with Crippen LogP contribution in [0.2, 0.25) is 0 Å². The van der Waals surface area contributed by atoms with Gasteiger partial charge in [0.25, 0.3) is 0 Å². The summed E-state index contributed by atoms with van der Waals surface area (Å²) in [5, 5.41) is 3.13. The zero-order valence-corrected chi connectivity index (χ0v) is 13.2. The number of aryl methyl sites for hydroxylation is 1. The van der Waals surface area contributed by atoms with Crippen LogP contribution in [0, 0.1) is 5.92 Å². The Labute approximate surface area is 131 Å². The molecule has 0 aromatic heterocycles. The number of amides is 2. The van der Waals surface area contributed by atoms with E-state index in [1.807, 2.05) is 24.3 Å². The summed E-state index contributed by atoms with van der Waals surface area (Å²) in [6.07, 6.45) is 5.93. The van der Waals surface area contributed by atoms with Crippen LogP contribution in [0.5, 0.6) is 0 Å². The zero-order chi connectivity index (χ0) is 15.5. The van der Waals surface area contributed by atoms with E-state index in [9.17, 15) is 9.59 Å². The summed E-state index contributed by atoms with van der Waals surface area (Å²) in [6, 6.07) is 8.14. The van der Waals surface area contributed by atoms with Crippen LogP contribution in [0.15, 0.2) is 24.3 Å². The van der Waals surface area contributed by atoms with Crippen LogP contribution < -0.4 is 10.2 Å². The first-order valence-electron chi connectivity index (χ1n) is 8.33. The summed E-state index contributed by atoms with van der Waals surface area (Å²) in [7, 11) is 0. The summed E-state index contributed by atoms with van der Waals surface area (Å²) < 4.78 is 0.